The fourth-order valence-corrected chi connectivity index (χ4v) is 3.85. The summed E-state index contributed by atoms with van der Waals surface area (Å²) in [5.41, 5.74) is 1.60. The second-order valence-electron chi connectivity index (χ2n) is 8.01. The molecule has 13 heteroatoms. The summed E-state index contributed by atoms with van der Waals surface area (Å²) < 4.78 is 36.7. The minimum absolute atomic E-state index is 0.0512. The summed E-state index contributed by atoms with van der Waals surface area (Å²) in [6.07, 6.45) is 7.13. The summed E-state index contributed by atoms with van der Waals surface area (Å²) >= 11 is 0. The van der Waals surface area contributed by atoms with Crippen molar-refractivity contribution in [2.45, 2.75) is 12.5 Å². The summed E-state index contributed by atoms with van der Waals surface area (Å²) in [5, 5.41) is 16.9. The number of amides is 1. The number of benzene rings is 1. The van der Waals surface area contributed by atoms with Gasteiger partial charge in [-0.1, -0.05) is 6.07 Å². The Labute approximate surface area is 211 Å². The maximum Gasteiger partial charge on any atom is 0.256 e. The SMILES string of the molecule is [2H]C([2H])([2H])NC(=O)c1cnc(Nc2cnn(C3CCOC3)c2)nc1Nc1cccc(-c2ncn(C)n2)c1OC. The average molecular weight is 494 g/mol. The van der Waals surface area contributed by atoms with Crippen molar-refractivity contribution in [3.05, 3.63) is 48.7 Å². The van der Waals surface area contributed by atoms with E-state index in [4.69, 9.17) is 13.6 Å². The number of ether oxygens (including phenoxy) is 2. The lowest BCUT2D eigenvalue weighted by atomic mass is 10.1. The number of aromatic nitrogens is 7. The van der Waals surface area contributed by atoms with Crippen LogP contribution in [-0.2, 0) is 11.8 Å². The van der Waals surface area contributed by atoms with Crippen LogP contribution in [0.25, 0.3) is 11.4 Å². The molecule has 36 heavy (non-hydrogen) atoms. The Bertz CT molecular complexity index is 1480. The van der Waals surface area contributed by atoms with Gasteiger partial charge >= 0.3 is 0 Å². The molecule has 0 radical (unpaired) electrons. The number of hydrogen-bond acceptors (Lipinski definition) is 10. The highest BCUT2D eigenvalue weighted by atomic mass is 16.5. The van der Waals surface area contributed by atoms with Crippen LogP contribution < -0.4 is 20.7 Å². The van der Waals surface area contributed by atoms with Crippen molar-refractivity contribution in [3.63, 3.8) is 0 Å². The maximum atomic E-state index is 12.8. The van der Waals surface area contributed by atoms with Crippen LogP contribution in [0.1, 0.15) is 26.9 Å². The summed E-state index contributed by atoms with van der Waals surface area (Å²) in [6.45, 7) is -1.42. The van der Waals surface area contributed by atoms with E-state index in [1.165, 1.54) is 13.3 Å². The molecule has 4 aromatic rings. The molecule has 1 fully saturated rings. The van der Waals surface area contributed by atoms with Gasteiger partial charge in [-0.15, -0.1) is 0 Å². The lowest BCUT2D eigenvalue weighted by Gasteiger charge is -2.16. The third-order valence-corrected chi connectivity index (χ3v) is 5.60. The van der Waals surface area contributed by atoms with Gasteiger partial charge in [0, 0.05) is 37.1 Å². The van der Waals surface area contributed by atoms with Crippen LogP contribution in [0.2, 0.25) is 0 Å². The van der Waals surface area contributed by atoms with E-state index in [1.54, 1.807) is 42.5 Å². The fourth-order valence-electron chi connectivity index (χ4n) is 3.85. The normalized spacial score (nSPS) is 16.6. The molecule has 1 aliphatic heterocycles. The van der Waals surface area contributed by atoms with Crippen molar-refractivity contribution in [2.24, 2.45) is 7.05 Å². The van der Waals surface area contributed by atoms with Crippen molar-refractivity contribution >= 4 is 29.0 Å². The zero-order valence-electron chi connectivity index (χ0n) is 22.6. The van der Waals surface area contributed by atoms with Gasteiger partial charge in [-0.3, -0.25) is 14.2 Å². The molecule has 1 unspecified atom stereocenters. The Hall–Kier alpha value is -4.52. The molecule has 0 bridgehead atoms. The molecule has 3 N–H and O–H groups in total. The standard InChI is InChI=1S/C23H26N10O3/c1-24-22(34)17-10-25-23(28-14-9-27-33(11-14)15-7-8-36-12-15)30-21(17)29-18-6-4-5-16(19(18)35-3)20-26-13-32(2)31-20/h4-6,9-11,13,15H,7-8,12H2,1-3H3,(H,24,34)(H2,25,28,29,30)/i1D3. The summed E-state index contributed by atoms with van der Waals surface area (Å²) in [7, 11) is 3.25. The number of anilines is 4. The van der Waals surface area contributed by atoms with Crippen molar-refractivity contribution in [1.82, 2.24) is 39.8 Å². The van der Waals surface area contributed by atoms with Crippen LogP contribution in [0.3, 0.4) is 0 Å². The third-order valence-electron chi connectivity index (χ3n) is 5.60. The first-order valence-electron chi connectivity index (χ1n) is 12.6. The van der Waals surface area contributed by atoms with Gasteiger partial charge in [0.1, 0.15) is 17.7 Å². The van der Waals surface area contributed by atoms with Gasteiger partial charge < -0.3 is 25.4 Å². The van der Waals surface area contributed by atoms with E-state index in [0.29, 0.717) is 41.7 Å². The van der Waals surface area contributed by atoms with Crippen molar-refractivity contribution in [2.75, 3.05) is 37.9 Å². The summed E-state index contributed by atoms with van der Waals surface area (Å²) in [4.78, 5) is 25.8. The molecule has 0 saturated carbocycles. The average Bonchev–Trinajstić information content (AvgIpc) is 3.65. The first-order valence-corrected chi connectivity index (χ1v) is 11.1. The Morgan fingerprint density at radius 1 is 1.28 bits per heavy atom. The molecule has 1 aliphatic rings. The number of rotatable bonds is 8. The van der Waals surface area contributed by atoms with Crippen LogP contribution in [-0.4, -0.2) is 67.7 Å². The number of nitrogens with zero attached hydrogens (tertiary/aromatic N) is 7. The summed E-state index contributed by atoms with van der Waals surface area (Å²) in [6, 6.07) is 5.43. The predicted molar refractivity (Wildman–Crippen MR) is 132 cm³/mol. The Morgan fingerprint density at radius 3 is 2.94 bits per heavy atom. The zero-order chi connectivity index (χ0) is 27.6. The van der Waals surface area contributed by atoms with E-state index < -0.39 is 12.9 Å². The highest BCUT2D eigenvalue weighted by molar-refractivity contribution is 5.99. The van der Waals surface area contributed by atoms with Crippen LogP contribution in [0.5, 0.6) is 5.75 Å². The van der Waals surface area contributed by atoms with Gasteiger partial charge in [-0.05, 0) is 18.6 Å². The first-order chi connectivity index (χ1) is 18.7. The third kappa shape index (κ3) is 4.68. The lowest BCUT2D eigenvalue weighted by molar-refractivity contribution is 0.0963. The smallest absolute Gasteiger partial charge is 0.256 e. The molecule has 3 aromatic heterocycles. The van der Waals surface area contributed by atoms with E-state index in [0.717, 1.165) is 6.42 Å². The van der Waals surface area contributed by atoms with Crippen molar-refractivity contribution in [1.29, 1.82) is 0 Å². The number of nitrogens with one attached hydrogen (secondary N) is 3. The molecule has 186 valence electrons. The molecule has 0 spiro atoms. The van der Waals surface area contributed by atoms with E-state index in [-0.39, 0.29) is 23.4 Å². The second-order valence-corrected chi connectivity index (χ2v) is 8.01. The van der Waals surface area contributed by atoms with Crippen LogP contribution >= 0.6 is 0 Å². The predicted octanol–water partition coefficient (Wildman–Crippen LogP) is 2.29. The van der Waals surface area contributed by atoms with Crippen LogP contribution in [0.4, 0.5) is 23.1 Å². The molecule has 4 heterocycles. The monoisotopic (exact) mass is 493 g/mol. The van der Waals surface area contributed by atoms with Gasteiger partial charge in [-0.25, -0.2) is 9.97 Å². The maximum absolute atomic E-state index is 12.8. The van der Waals surface area contributed by atoms with Gasteiger partial charge in [0.05, 0.1) is 42.9 Å². The van der Waals surface area contributed by atoms with E-state index >= 15 is 0 Å². The largest absolute Gasteiger partial charge is 0.494 e. The Kier molecular flexibility index (Phi) is 5.48. The summed E-state index contributed by atoms with van der Waals surface area (Å²) in [5.74, 6) is 0.175. The highest BCUT2D eigenvalue weighted by Crippen LogP contribution is 2.36. The fraction of sp³-hybridized carbons (Fsp3) is 0.304. The molecular formula is C23H26N10O3. The molecule has 1 atom stereocenters. The quantitative estimate of drug-likeness (QED) is 0.334. The molecule has 1 aromatic carbocycles. The van der Waals surface area contributed by atoms with E-state index in [9.17, 15) is 4.79 Å². The minimum atomic E-state index is -2.70. The molecule has 1 saturated heterocycles. The van der Waals surface area contributed by atoms with E-state index in [1.807, 2.05) is 16.2 Å². The number of carbonyl (C=O) groups excluding carboxylic acids is 1. The highest BCUT2D eigenvalue weighted by Gasteiger charge is 2.20. The van der Waals surface area contributed by atoms with Crippen LogP contribution in [0.15, 0.2) is 43.1 Å². The van der Waals surface area contributed by atoms with Gasteiger partial charge in [0.25, 0.3) is 5.91 Å². The topological polar surface area (TPSA) is 146 Å². The van der Waals surface area contributed by atoms with Crippen LogP contribution in [0, 0.1) is 0 Å². The van der Waals surface area contributed by atoms with E-state index in [2.05, 4.69) is 35.8 Å². The Balaban J connectivity index is 1.48. The van der Waals surface area contributed by atoms with Gasteiger partial charge in [-0.2, -0.15) is 15.2 Å². The number of carbonyl (C=O) groups is 1. The number of methoxy groups -OCH3 is 1. The second kappa shape index (κ2) is 10.00. The molecule has 5 rings (SSSR count). The number of aryl methyl sites for hydroxylation is 1. The van der Waals surface area contributed by atoms with Crippen molar-refractivity contribution < 1.29 is 18.4 Å². The Morgan fingerprint density at radius 2 is 2.19 bits per heavy atom. The number of hydrogen-bond donors (Lipinski definition) is 3. The lowest BCUT2D eigenvalue weighted by Crippen LogP contribution is -2.20. The van der Waals surface area contributed by atoms with Crippen molar-refractivity contribution in [3.8, 4) is 17.1 Å². The number of para-hydroxylation sites is 1. The van der Waals surface area contributed by atoms with Gasteiger partial charge in [0.2, 0.25) is 5.95 Å². The molecule has 13 nitrogen and oxygen atoms in total. The first kappa shape index (κ1) is 19.8. The zero-order valence-corrected chi connectivity index (χ0v) is 19.6. The van der Waals surface area contributed by atoms with Gasteiger partial charge in [0.15, 0.2) is 11.6 Å². The molecule has 1 amide bonds. The molecule has 0 aliphatic carbocycles. The minimum Gasteiger partial charge on any atom is -0.494 e. The molecular weight excluding hydrogens is 464 g/mol.